The number of aliphatic hydroxyl groups excluding tert-OH is 1. The molecule has 0 fully saturated rings. The van der Waals surface area contributed by atoms with Crippen molar-refractivity contribution in [2.45, 2.75) is 32.7 Å². The molecule has 0 radical (unpaired) electrons. The molecule has 0 unspecified atom stereocenters. The first-order valence-corrected chi connectivity index (χ1v) is 3.53. The number of hydrogen-bond acceptors (Lipinski definition) is 2. The largest absolute Gasteiger partial charge is 0.396 e. The van der Waals surface area contributed by atoms with Crippen LogP contribution < -0.4 is 5.73 Å². The van der Waals surface area contributed by atoms with Crippen molar-refractivity contribution >= 4 is 12.4 Å². The highest BCUT2D eigenvalue weighted by Gasteiger charge is 2.02. The zero-order chi connectivity index (χ0) is 7.28. The van der Waals surface area contributed by atoms with Crippen LogP contribution in [0.1, 0.15) is 26.7 Å². The number of rotatable bonds is 4. The lowest BCUT2D eigenvalue weighted by atomic mass is 10.0. The molecule has 0 aromatic heterocycles. The molecule has 64 valence electrons. The number of aliphatic hydroxyl groups is 1. The normalized spacial score (nSPS) is 12.9. The van der Waals surface area contributed by atoms with Gasteiger partial charge in [0.25, 0.3) is 0 Å². The highest BCUT2D eigenvalue weighted by atomic mass is 35.5. The molecule has 0 aliphatic rings. The zero-order valence-electron chi connectivity index (χ0n) is 6.71. The van der Waals surface area contributed by atoms with Crippen molar-refractivity contribution in [3.05, 3.63) is 0 Å². The molecule has 3 N–H and O–H groups in total. The van der Waals surface area contributed by atoms with E-state index in [1.807, 2.05) is 0 Å². The third kappa shape index (κ3) is 8.21. The van der Waals surface area contributed by atoms with Gasteiger partial charge in [0, 0.05) is 12.6 Å². The highest BCUT2D eigenvalue weighted by Crippen LogP contribution is 2.04. The van der Waals surface area contributed by atoms with Crippen LogP contribution in [0, 0.1) is 5.92 Å². The van der Waals surface area contributed by atoms with Gasteiger partial charge in [-0.25, -0.2) is 0 Å². The topological polar surface area (TPSA) is 46.2 Å². The van der Waals surface area contributed by atoms with Gasteiger partial charge in [0.05, 0.1) is 0 Å². The Labute approximate surface area is 69.2 Å². The minimum absolute atomic E-state index is 0. The van der Waals surface area contributed by atoms with E-state index in [9.17, 15) is 0 Å². The van der Waals surface area contributed by atoms with Gasteiger partial charge in [-0.1, -0.05) is 13.8 Å². The van der Waals surface area contributed by atoms with Crippen LogP contribution in [0.2, 0.25) is 0 Å². The van der Waals surface area contributed by atoms with Crippen LogP contribution in [0.25, 0.3) is 0 Å². The first kappa shape index (κ1) is 12.8. The van der Waals surface area contributed by atoms with Crippen LogP contribution in [-0.2, 0) is 0 Å². The molecule has 0 aliphatic heterocycles. The van der Waals surface area contributed by atoms with Gasteiger partial charge in [0.15, 0.2) is 0 Å². The molecule has 3 heteroatoms. The fourth-order valence-electron chi connectivity index (χ4n) is 0.889. The lowest BCUT2D eigenvalue weighted by molar-refractivity contribution is 0.268. The van der Waals surface area contributed by atoms with Gasteiger partial charge < -0.3 is 10.8 Å². The van der Waals surface area contributed by atoms with Gasteiger partial charge in [0.1, 0.15) is 0 Å². The Bertz CT molecular complexity index is 68.6. The molecule has 0 aromatic rings. The Morgan fingerprint density at radius 2 is 1.90 bits per heavy atom. The van der Waals surface area contributed by atoms with Crippen LogP contribution in [0.3, 0.4) is 0 Å². The monoisotopic (exact) mass is 167 g/mol. The lowest BCUT2D eigenvalue weighted by Crippen LogP contribution is -2.23. The first-order valence-electron chi connectivity index (χ1n) is 3.53. The van der Waals surface area contributed by atoms with E-state index >= 15 is 0 Å². The molecular formula is C7H18ClNO. The van der Waals surface area contributed by atoms with E-state index < -0.39 is 0 Å². The molecule has 10 heavy (non-hydrogen) atoms. The number of hydrogen-bond donors (Lipinski definition) is 2. The summed E-state index contributed by atoms with van der Waals surface area (Å²) in [5.74, 6) is 0.645. The molecule has 0 heterocycles. The Hall–Kier alpha value is 0.210. The lowest BCUT2D eigenvalue weighted by Gasteiger charge is -2.11. The Morgan fingerprint density at radius 1 is 1.40 bits per heavy atom. The summed E-state index contributed by atoms with van der Waals surface area (Å²) in [7, 11) is 0. The molecule has 2 nitrogen and oxygen atoms in total. The van der Waals surface area contributed by atoms with Gasteiger partial charge in [-0.15, -0.1) is 12.4 Å². The number of halogens is 1. The average molecular weight is 168 g/mol. The minimum Gasteiger partial charge on any atom is -0.396 e. The van der Waals surface area contributed by atoms with Crippen molar-refractivity contribution in [2.24, 2.45) is 11.7 Å². The van der Waals surface area contributed by atoms with Crippen molar-refractivity contribution in [1.82, 2.24) is 0 Å². The Balaban J connectivity index is 0. The summed E-state index contributed by atoms with van der Waals surface area (Å²) >= 11 is 0. The zero-order valence-corrected chi connectivity index (χ0v) is 7.53. The summed E-state index contributed by atoms with van der Waals surface area (Å²) in [6.45, 7) is 4.49. The van der Waals surface area contributed by atoms with Crippen molar-refractivity contribution in [3.63, 3.8) is 0 Å². The van der Waals surface area contributed by atoms with Crippen LogP contribution in [0.5, 0.6) is 0 Å². The maximum absolute atomic E-state index is 8.47. The van der Waals surface area contributed by atoms with Gasteiger partial charge in [-0.2, -0.15) is 0 Å². The smallest absolute Gasteiger partial charge is 0.0445 e. The Morgan fingerprint density at radius 3 is 2.20 bits per heavy atom. The molecule has 0 amide bonds. The highest BCUT2D eigenvalue weighted by molar-refractivity contribution is 5.85. The van der Waals surface area contributed by atoms with Gasteiger partial charge >= 0.3 is 0 Å². The standard InChI is InChI=1S/C7H17NO.ClH/c1-6(2)5-7(8)3-4-9;/h6-7,9H,3-5,8H2,1-2H3;1H/t7-;/m1./s1. The van der Waals surface area contributed by atoms with E-state index in [0.29, 0.717) is 5.92 Å². The predicted octanol–water partition coefficient (Wildman–Crippen LogP) is 1.16. The van der Waals surface area contributed by atoms with E-state index in [0.717, 1.165) is 12.8 Å². The second-order valence-corrected chi connectivity index (χ2v) is 2.90. The maximum Gasteiger partial charge on any atom is 0.0445 e. The molecule has 0 aliphatic carbocycles. The molecule has 0 spiro atoms. The third-order valence-corrected chi connectivity index (χ3v) is 1.27. The van der Waals surface area contributed by atoms with Crippen LogP contribution in [0.15, 0.2) is 0 Å². The summed E-state index contributed by atoms with van der Waals surface area (Å²) < 4.78 is 0. The average Bonchev–Trinajstić information content (AvgIpc) is 1.63. The van der Waals surface area contributed by atoms with Gasteiger partial charge in [0.2, 0.25) is 0 Å². The Kier molecular flexibility index (Phi) is 9.40. The van der Waals surface area contributed by atoms with Crippen LogP contribution in [0.4, 0.5) is 0 Å². The number of nitrogens with two attached hydrogens (primary N) is 1. The molecule has 0 saturated heterocycles. The predicted molar refractivity (Wildman–Crippen MR) is 46.4 cm³/mol. The summed E-state index contributed by atoms with van der Waals surface area (Å²) in [4.78, 5) is 0. The van der Waals surface area contributed by atoms with E-state index in [2.05, 4.69) is 13.8 Å². The van der Waals surface area contributed by atoms with E-state index in [1.54, 1.807) is 0 Å². The van der Waals surface area contributed by atoms with Crippen molar-refractivity contribution in [1.29, 1.82) is 0 Å². The molecule has 0 aromatic carbocycles. The minimum atomic E-state index is 0. The molecule has 0 bridgehead atoms. The van der Waals surface area contributed by atoms with Crippen molar-refractivity contribution < 1.29 is 5.11 Å². The first-order chi connectivity index (χ1) is 4.16. The second kappa shape index (κ2) is 7.32. The molecular weight excluding hydrogens is 150 g/mol. The molecule has 1 atom stereocenters. The summed E-state index contributed by atoms with van der Waals surface area (Å²) in [5.41, 5.74) is 5.63. The van der Waals surface area contributed by atoms with Gasteiger partial charge in [-0.05, 0) is 18.8 Å². The second-order valence-electron chi connectivity index (χ2n) is 2.90. The van der Waals surface area contributed by atoms with Crippen molar-refractivity contribution in [2.75, 3.05) is 6.61 Å². The summed E-state index contributed by atoms with van der Waals surface area (Å²) in [5, 5.41) is 8.47. The molecule has 0 saturated carbocycles. The fraction of sp³-hybridized carbons (Fsp3) is 1.00. The van der Waals surface area contributed by atoms with E-state index in [4.69, 9.17) is 10.8 Å². The quantitative estimate of drug-likeness (QED) is 0.661. The van der Waals surface area contributed by atoms with Gasteiger partial charge in [-0.3, -0.25) is 0 Å². The third-order valence-electron chi connectivity index (χ3n) is 1.27. The summed E-state index contributed by atoms with van der Waals surface area (Å²) in [6, 6.07) is 0.190. The fourth-order valence-corrected chi connectivity index (χ4v) is 0.889. The van der Waals surface area contributed by atoms with Crippen LogP contribution >= 0.6 is 12.4 Å². The van der Waals surface area contributed by atoms with E-state index in [1.165, 1.54) is 0 Å². The summed E-state index contributed by atoms with van der Waals surface area (Å²) in [6.07, 6.45) is 1.75. The maximum atomic E-state index is 8.47. The van der Waals surface area contributed by atoms with Crippen LogP contribution in [-0.4, -0.2) is 17.8 Å². The molecule has 0 rings (SSSR count). The SMILES string of the molecule is CC(C)C[C@H](N)CCO.Cl. The van der Waals surface area contributed by atoms with Crippen molar-refractivity contribution in [3.8, 4) is 0 Å². The van der Waals surface area contributed by atoms with E-state index in [-0.39, 0.29) is 25.1 Å².